The monoisotopic (exact) mass is 444 g/mol. The largest absolute Gasteiger partial charge is 0.366 e. The minimum atomic E-state index is -0.919. The van der Waals surface area contributed by atoms with Gasteiger partial charge in [-0.15, -0.1) is 0 Å². The van der Waals surface area contributed by atoms with Gasteiger partial charge >= 0.3 is 0 Å². The summed E-state index contributed by atoms with van der Waals surface area (Å²) in [6.45, 7) is 8.48. The van der Waals surface area contributed by atoms with E-state index in [-0.39, 0.29) is 24.1 Å². The van der Waals surface area contributed by atoms with E-state index in [1.54, 1.807) is 17.0 Å². The number of benzene rings is 1. The van der Waals surface area contributed by atoms with Crippen LogP contribution in [0.4, 0.5) is 14.6 Å². The Bertz CT molecular complexity index is 940. The SMILES string of the molecule is CC.CCN(CC(C)Nc1ccc(C#N)cn1)C(=O)COC1(c2cccc(F)c2F)CC1. The van der Waals surface area contributed by atoms with E-state index in [9.17, 15) is 13.6 Å². The Kier molecular flexibility index (Phi) is 9.09. The maximum absolute atomic E-state index is 14.1. The van der Waals surface area contributed by atoms with Crippen molar-refractivity contribution in [1.82, 2.24) is 9.88 Å². The lowest BCUT2D eigenvalue weighted by molar-refractivity contribution is -0.139. The van der Waals surface area contributed by atoms with Crippen LogP contribution in [0.5, 0.6) is 0 Å². The summed E-state index contributed by atoms with van der Waals surface area (Å²) in [6, 6.07) is 9.31. The van der Waals surface area contributed by atoms with Gasteiger partial charge in [0, 0.05) is 30.9 Å². The Morgan fingerprint density at radius 3 is 2.59 bits per heavy atom. The lowest BCUT2D eigenvalue weighted by Crippen LogP contribution is -2.41. The number of nitriles is 1. The first kappa shape index (κ1) is 25.2. The smallest absolute Gasteiger partial charge is 0.248 e. The highest BCUT2D eigenvalue weighted by Crippen LogP contribution is 2.50. The highest BCUT2D eigenvalue weighted by Gasteiger charge is 2.48. The first-order chi connectivity index (χ1) is 15.4. The lowest BCUT2D eigenvalue weighted by atomic mass is 10.1. The van der Waals surface area contributed by atoms with Gasteiger partial charge in [-0.2, -0.15) is 5.26 Å². The molecule has 0 saturated heterocycles. The van der Waals surface area contributed by atoms with Crippen LogP contribution < -0.4 is 5.32 Å². The van der Waals surface area contributed by atoms with Crippen LogP contribution in [0.1, 0.15) is 51.7 Å². The number of rotatable bonds is 9. The number of nitrogens with one attached hydrogen (secondary N) is 1. The zero-order valence-corrected chi connectivity index (χ0v) is 19.0. The third-order valence-corrected chi connectivity index (χ3v) is 5.13. The summed E-state index contributed by atoms with van der Waals surface area (Å²) in [5.41, 5.74) is -0.280. The molecule has 1 aliphatic carbocycles. The molecular formula is C24H30F2N4O2. The standard InChI is InChI=1S/C22H24F2N4O2.C2H6/c1-3-28(13-15(2)27-19-8-7-16(11-25)12-26-19)20(29)14-30-22(9-10-22)17-5-4-6-18(23)21(17)24;1-2/h4-8,12,15H,3,9-10,13-14H2,1-2H3,(H,26,27);1-2H3. The van der Waals surface area contributed by atoms with E-state index in [2.05, 4.69) is 10.3 Å². The fourth-order valence-corrected chi connectivity index (χ4v) is 3.33. The van der Waals surface area contributed by atoms with Crippen molar-refractivity contribution in [3.05, 3.63) is 59.3 Å². The summed E-state index contributed by atoms with van der Waals surface area (Å²) >= 11 is 0. The zero-order valence-electron chi connectivity index (χ0n) is 19.0. The van der Waals surface area contributed by atoms with Gasteiger partial charge in [0.2, 0.25) is 5.91 Å². The van der Waals surface area contributed by atoms with E-state index < -0.39 is 17.2 Å². The molecule has 0 radical (unpaired) electrons. The van der Waals surface area contributed by atoms with Crippen LogP contribution in [-0.4, -0.2) is 41.5 Å². The van der Waals surface area contributed by atoms with Gasteiger partial charge in [0.15, 0.2) is 11.6 Å². The third kappa shape index (κ3) is 6.24. The van der Waals surface area contributed by atoms with Gasteiger partial charge in [0.05, 0.1) is 11.2 Å². The fraction of sp³-hybridized carbons (Fsp3) is 0.458. The minimum Gasteiger partial charge on any atom is -0.366 e. The summed E-state index contributed by atoms with van der Waals surface area (Å²) in [5.74, 6) is -1.44. The molecule has 3 rings (SSSR count). The molecule has 1 fully saturated rings. The fourth-order valence-electron chi connectivity index (χ4n) is 3.33. The number of aromatic nitrogens is 1. The molecule has 172 valence electrons. The van der Waals surface area contributed by atoms with Crippen molar-refractivity contribution in [2.45, 2.75) is 52.2 Å². The van der Waals surface area contributed by atoms with Crippen molar-refractivity contribution >= 4 is 11.7 Å². The van der Waals surface area contributed by atoms with E-state index in [0.717, 1.165) is 6.07 Å². The van der Waals surface area contributed by atoms with Crippen molar-refractivity contribution in [1.29, 1.82) is 5.26 Å². The Balaban J connectivity index is 0.00000176. The van der Waals surface area contributed by atoms with E-state index in [4.69, 9.17) is 10.00 Å². The molecule has 2 aromatic rings. The maximum Gasteiger partial charge on any atom is 0.248 e. The van der Waals surface area contributed by atoms with Gasteiger partial charge in [0.1, 0.15) is 18.5 Å². The minimum absolute atomic E-state index is 0.0927. The first-order valence-corrected chi connectivity index (χ1v) is 10.9. The first-order valence-electron chi connectivity index (χ1n) is 10.9. The molecule has 1 heterocycles. The molecule has 1 aromatic carbocycles. The number of hydrogen-bond donors (Lipinski definition) is 1. The van der Waals surface area contributed by atoms with Crippen LogP contribution in [-0.2, 0) is 15.1 Å². The molecule has 1 aliphatic rings. The number of hydrogen-bond acceptors (Lipinski definition) is 5. The van der Waals surface area contributed by atoms with Crippen molar-refractivity contribution < 1.29 is 18.3 Å². The van der Waals surface area contributed by atoms with Crippen LogP contribution in [0.3, 0.4) is 0 Å². The Morgan fingerprint density at radius 2 is 2.03 bits per heavy atom. The van der Waals surface area contributed by atoms with E-state index in [1.807, 2.05) is 33.8 Å². The van der Waals surface area contributed by atoms with Gasteiger partial charge < -0.3 is 15.0 Å². The van der Waals surface area contributed by atoms with Crippen LogP contribution >= 0.6 is 0 Å². The van der Waals surface area contributed by atoms with E-state index >= 15 is 0 Å². The average molecular weight is 445 g/mol. The predicted octanol–water partition coefficient (Wildman–Crippen LogP) is 4.61. The van der Waals surface area contributed by atoms with Gasteiger partial charge in [0.25, 0.3) is 0 Å². The number of nitrogens with zero attached hydrogens (tertiary/aromatic N) is 3. The van der Waals surface area contributed by atoms with Crippen LogP contribution in [0.15, 0.2) is 36.5 Å². The Morgan fingerprint density at radius 1 is 1.31 bits per heavy atom. The molecule has 6 nitrogen and oxygen atoms in total. The summed E-state index contributed by atoms with van der Waals surface area (Å²) in [7, 11) is 0. The second-order valence-corrected chi connectivity index (χ2v) is 7.41. The summed E-state index contributed by atoms with van der Waals surface area (Å²) in [4.78, 5) is 18.5. The van der Waals surface area contributed by atoms with Crippen molar-refractivity contribution in [3.8, 4) is 6.07 Å². The average Bonchev–Trinajstić information content (AvgIpc) is 3.60. The molecule has 1 aromatic heterocycles. The van der Waals surface area contributed by atoms with E-state index in [0.29, 0.717) is 37.3 Å². The molecule has 1 atom stereocenters. The second-order valence-electron chi connectivity index (χ2n) is 7.41. The van der Waals surface area contributed by atoms with Crippen molar-refractivity contribution in [2.75, 3.05) is 25.0 Å². The highest BCUT2D eigenvalue weighted by atomic mass is 19.2. The zero-order chi connectivity index (χ0) is 23.7. The Hall–Kier alpha value is -3.05. The van der Waals surface area contributed by atoms with E-state index in [1.165, 1.54) is 18.3 Å². The summed E-state index contributed by atoms with van der Waals surface area (Å²) < 4.78 is 33.5. The molecule has 0 bridgehead atoms. The predicted molar refractivity (Wildman–Crippen MR) is 119 cm³/mol. The quantitative estimate of drug-likeness (QED) is 0.611. The lowest BCUT2D eigenvalue weighted by Gasteiger charge is -2.26. The normalized spacial score (nSPS) is 14.4. The van der Waals surface area contributed by atoms with Crippen molar-refractivity contribution in [3.63, 3.8) is 0 Å². The number of ether oxygens (including phenoxy) is 1. The third-order valence-electron chi connectivity index (χ3n) is 5.13. The maximum atomic E-state index is 14.1. The van der Waals surface area contributed by atoms with Gasteiger partial charge in [-0.3, -0.25) is 4.79 Å². The Labute approximate surface area is 188 Å². The van der Waals surface area contributed by atoms with Gasteiger partial charge in [-0.05, 0) is 44.9 Å². The van der Waals surface area contributed by atoms with Gasteiger partial charge in [-0.25, -0.2) is 13.8 Å². The number of carbonyl (C=O) groups is 1. The molecular weight excluding hydrogens is 414 g/mol. The molecule has 0 spiro atoms. The van der Waals surface area contributed by atoms with Crippen LogP contribution in [0, 0.1) is 23.0 Å². The van der Waals surface area contributed by atoms with Gasteiger partial charge in [-0.1, -0.05) is 26.0 Å². The molecule has 1 amide bonds. The van der Waals surface area contributed by atoms with Crippen LogP contribution in [0.25, 0.3) is 0 Å². The number of likely N-dealkylation sites (N-methyl/N-ethyl adjacent to an activating group) is 1. The molecule has 32 heavy (non-hydrogen) atoms. The summed E-state index contributed by atoms with van der Waals surface area (Å²) in [5, 5.41) is 12.0. The van der Waals surface area contributed by atoms with Crippen LogP contribution in [0.2, 0.25) is 0 Å². The number of pyridine rings is 1. The second kappa shape index (κ2) is 11.5. The summed E-state index contributed by atoms with van der Waals surface area (Å²) in [6.07, 6.45) is 2.58. The molecule has 1 unspecified atom stereocenters. The molecule has 1 saturated carbocycles. The van der Waals surface area contributed by atoms with Crippen molar-refractivity contribution in [2.24, 2.45) is 0 Å². The topological polar surface area (TPSA) is 78.3 Å². The number of halogens is 2. The highest BCUT2D eigenvalue weighted by molar-refractivity contribution is 5.77. The molecule has 0 aliphatic heterocycles. The molecule has 8 heteroatoms. The number of amides is 1. The molecule has 1 N–H and O–H groups in total. The number of carbonyl (C=O) groups excluding carboxylic acids is 1. The number of anilines is 1.